The summed E-state index contributed by atoms with van der Waals surface area (Å²) in [6, 6.07) is 14.7. The highest BCUT2D eigenvalue weighted by Crippen LogP contribution is 2.35. The molecule has 5 heteroatoms. The number of hydrogen-bond acceptors (Lipinski definition) is 2. The average molecular weight is 432 g/mol. The van der Waals surface area contributed by atoms with Crippen molar-refractivity contribution in [2.24, 2.45) is 14.1 Å². The highest BCUT2D eigenvalue weighted by molar-refractivity contribution is 5.57. The Morgan fingerprint density at radius 1 is 0.906 bits per heavy atom. The Morgan fingerprint density at radius 3 is 2.12 bits per heavy atom. The summed E-state index contributed by atoms with van der Waals surface area (Å²) in [7, 11) is 4.04. The normalized spacial score (nSPS) is 11.5. The van der Waals surface area contributed by atoms with E-state index in [1.54, 1.807) is 12.7 Å². The molecule has 0 aliphatic carbocycles. The molecular weight excluding hydrogens is 398 g/mol. The Bertz CT molecular complexity index is 1220. The Hall–Kier alpha value is -3.34. The van der Waals surface area contributed by atoms with Crippen LogP contribution >= 0.6 is 0 Å². The minimum Gasteiger partial charge on any atom is -0.420 e. The number of para-hydroxylation sites is 2. The summed E-state index contributed by atoms with van der Waals surface area (Å²) >= 11 is 0. The van der Waals surface area contributed by atoms with Gasteiger partial charge in [-0.1, -0.05) is 64.1 Å². The van der Waals surface area contributed by atoms with E-state index in [2.05, 4.69) is 74.2 Å². The first-order valence-corrected chi connectivity index (χ1v) is 11.2. The molecule has 2 heterocycles. The van der Waals surface area contributed by atoms with Gasteiger partial charge in [0.25, 0.3) is 0 Å². The Labute approximate surface area is 190 Å². The van der Waals surface area contributed by atoms with Crippen molar-refractivity contribution >= 4 is 0 Å². The minimum absolute atomic E-state index is 0.378. The molecule has 0 bridgehead atoms. The first-order chi connectivity index (χ1) is 15.3. The first kappa shape index (κ1) is 21.9. The van der Waals surface area contributed by atoms with Gasteiger partial charge in [-0.05, 0) is 30.4 Å². The molecule has 2 aromatic carbocycles. The van der Waals surface area contributed by atoms with E-state index in [0.29, 0.717) is 11.8 Å². The third-order valence-corrected chi connectivity index (χ3v) is 6.02. The van der Waals surface area contributed by atoms with Crippen LogP contribution < -0.4 is 13.9 Å². The largest absolute Gasteiger partial charge is 0.420 e. The quantitative estimate of drug-likeness (QED) is 0.365. The molecule has 0 unspecified atom stereocenters. The van der Waals surface area contributed by atoms with Gasteiger partial charge in [-0.15, -0.1) is 0 Å². The van der Waals surface area contributed by atoms with Gasteiger partial charge in [0, 0.05) is 11.1 Å². The summed E-state index contributed by atoms with van der Waals surface area (Å²) in [6.45, 7) is 11.0. The lowest BCUT2D eigenvalue weighted by Crippen LogP contribution is -2.37. The molecule has 0 fully saturated rings. The molecule has 0 N–H and O–H groups in total. The van der Waals surface area contributed by atoms with Crippen LogP contribution in [0.2, 0.25) is 0 Å². The lowest BCUT2D eigenvalue weighted by Gasteiger charge is -2.17. The number of imidazole rings is 1. The van der Waals surface area contributed by atoms with E-state index in [1.165, 1.54) is 16.8 Å². The predicted octanol–water partition coefficient (Wildman–Crippen LogP) is 5.73. The topological polar surface area (TPSA) is 35.1 Å². The molecule has 0 amide bonds. The molecule has 32 heavy (non-hydrogen) atoms. The van der Waals surface area contributed by atoms with Gasteiger partial charge < -0.3 is 9.15 Å². The summed E-state index contributed by atoms with van der Waals surface area (Å²) in [5.74, 6) is 3.37. The van der Waals surface area contributed by atoms with Crippen LogP contribution in [0.15, 0.2) is 65.7 Å². The molecule has 0 saturated heterocycles. The molecule has 166 valence electrons. The van der Waals surface area contributed by atoms with Gasteiger partial charge in [0.2, 0.25) is 0 Å². The molecule has 0 aliphatic heterocycles. The number of aromatic nitrogens is 3. The van der Waals surface area contributed by atoms with E-state index in [-0.39, 0.29) is 0 Å². The zero-order valence-corrected chi connectivity index (χ0v) is 20.1. The minimum atomic E-state index is 0.378. The molecule has 0 atom stereocenters. The van der Waals surface area contributed by atoms with Crippen molar-refractivity contribution in [2.75, 3.05) is 0 Å². The summed E-state index contributed by atoms with van der Waals surface area (Å²) in [6.07, 6.45) is 5.60. The predicted molar refractivity (Wildman–Crippen MR) is 125 cm³/mol. The third kappa shape index (κ3) is 3.83. The fraction of sp³-hybridized carbons (Fsp3) is 0.333. The maximum Gasteiger partial charge on any atom is 0.366 e. The van der Waals surface area contributed by atoms with E-state index < -0.39 is 0 Å². The van der Waals surface area contributed by atoms with Crippen molar-refractivity contribution in [2.45, 2.75) is 46.5 Å². The van der Waals surface area contributed by atoms with Crippen LogP contribution in [0.3, 0.4) is 0 Å². The third-order valence-electron chi connectivity index (χ3n) is 6.02. The fourth-order valence-electron chi connectivity index (χ4n) is 4.19. The second-order valence-electron chi connectivity index (χ2n) is 9.04. The number of aryl methyl sites for hydroxylation is 2. The Morgan fingerprint density at radius 2 is 1.56 bits per heavy atom. The summed E-state index contributed by atoms with van der Waals surface area (Å²) in [4.78, 5) is 0. The van der Waals surface area contributed by atoms with E-state index in [1.807, 2.05) is 36.9 Å². The Kier molecular flexibility index (Phi) is 5.92. The van der Waals surface area contributed by atoms with E-state index in [9.17, 15) is 0 Å². The number of rotatable bonds is 6. The molecule has 4 rings (SSSR count). The van der Waals surface area contributed by atoms with Crippen LogP contribution in [0.25, 0.3) is 17.2 Å². The summed E-state index contributed by atoms with van der Waals surface area (Å²) in [5, 5.41) is 0. The number of oxazole rings is 1. The van der Waals surface area contributed by atoms with Gasteiger partial charge in [0.15, 0.2) is 12.5 Å². The van der Waals surface area contributed by atoms with Crippen molar-refractivity contribution in [3.63, 3.8) is 0 Å². The van der Waals surface area contributed by atoms with E-state index in [0.717, 1.165) is 28.7 Å². The van der Waals surface area contributed by atoms with Gasteiger partial charge in [0.05, 0.1) is 7.05 Å². The van der Waals surface area contributed by atoms with E-state index in [4.69, 9.17) is 9.15 Å². The lowest BCUT2D eigenvalue weighted by atomic mass is 9.92. The van der Waals surface area contributed by atoms with Gasteiger partial charge in [-0.2, -0.15) is 13.7 Å². The van der Waals surface area contributed by atoms with Crippen LogP contribution in [0.4, 0.5) is 0 Å². The summed E-state index contributed by atoms with van der Waals surface area (Å²) in [5.41, 5.74) is 5.90. The maximum absolute atomic E-state index is 6.42. The molecule has 5 nitrogen and oxygen atoms in total. The van der Waals surface area contributed by atoms with Crippen LogP contribution in [0, 0.1) is 6.92 Å². The number of nitrogens with zero attached hydrogens (tertiary/aromatic N) is 3. The van der Waals surface area contributed by atoms with Crippen LogP contribution in [-0.2, 0) is 14.1 Å². The van der Waals surface area contributed by atoms with Crippen molar-refractivity contribution in [3.8, 4) is 28.8 Å². The van der Waals surface area contributed by atoms with Gasteiger partial charge in [0.1, 0.15) is 18.5 Å². The Balaban J connectivity index is 2.01. The van der Waals surface area contributed by atoms with Crippen LogP contribution in [0.1, 0.15) is 56.2 Å². The van der Waals surface area contributed by atoms with Crippen LogP contribution in [-0.4, -0.2) is 4.57 Å². The average Bonchev–Trinajstić information content (AvgIpc) is 3.31. The van der Waals surface area contributed by atoms with Crippen molar-refractivity contribution in [1.29, 1.82) is 0 Å². The lowest BCUT2D eigenvalue weighted by molar-refractivity contribution is -0.693. The number of hydrogen-bond donors (Lipinski definition) is 0. The molecule has 2 aromatic heterocycles. The molecule has 4 aromatic rings. The SMILES string of the molecule is Cc1ccccc1Oc1cn(-c2c(C(C)C)cccc2C(C)C)c(-c2coc[n+]2C)[n+]1C. The first-order valence-electron chi connectivity index (χ1n) is 11.2. The highest BCUT2D eigenvalue weighted by Gasteiger charge is 2.35. The van der Waals surface area contributed by atoms with Gasteiger partial charge in [-0.25, -0.2) is 0 Å². The smallest absolute Gasteiger partial charge is 0.366 e. The molecule has 0 aliphatic rings. The number of benzene rings is 2. The number of ether oxygens (including phenoxy) is 1. The van der Waals surface area contributed by atoms with E-state index >= 15 is 0 Å². The standard InChI is InChI=1S/C27H33N3O2/c1-18(2)21-12-10-13-22(19(3)4)26(21)30-15-25(32-24-14-9-8-11-20(24)5)29(7)27(30)23-16-31-17-28(23)6/h8-19H,1-7H3/q+2. The zero-order valence-electron chi connectivity index (χ0n) is 20.1. The zero-order chi connectivity index (χ0) is 23.0. The monoisotopic (exact) mass is 431 g/mol. The second kappa shape index (κ2) is 8.65. The molecule has 0 radical (unpaired) electrons. The van der Waals surface area contributed by atoms with Crippen molar-refractivity contribution in [3.05, 3.63) is 78.0 Å². The van der Waals surface area contributed by atoms with Gasteiger partial charge >= 0.3 is 23.8 Å². The second-order valence-corrected chi connectivity index (χ2v) is 9.04. The van der Waals surface area contributed by atoms with Crippen LogP contribution in [0.5, 0.6) is 11.6 Å². The van der Waals surface area contributed by atoms with Crippen molar-refractivity contribution < 1.29 is 18.3 Å². The fourth-order valence-corrected chi connectivity index (χ4v) is 4.19. The molecular formula is C27H33N3O2+2. The summed E-state index contributed by atoms with van der Waals surface area (Å²) < 4.78 is 18.3. The highest BCUT2D eigenvalue weighted by atomic mass is 16.5. The molecule has 0 saturated carbocycles. The van der Waals surface area contributed by atoms with Crippen molar-refractivity contribution in [1.82, 2.24) is 4.57 Å². The van der Waals surface area contributed by atoms with Gasteiger partial charge in [-0.3, -0.25) is 0 Å². The maximum atomic E-state index is 6.42. The molecule has 0 spiro atoms.